The van der Waals surface area contributed by atoms with E-state index in [-0.39, 0.29) is 10.0 Å². The molecule has 24 heavy (non-hydrogen) atoms. The first-order chi connectivity index (χ1) is 11.6. The number of rotatable bonds is 4. The van der Waals surface area contributed by atoms with Crippen LogP contribution in [0.25, 0.3) is 22.2 Å². The van der Waals surface area contributed by atoms with Gasteiger partial charge in [0.25, 0.3) is 10.0 Å². The summed E-state index contributed by atoms with van der Waals surface area (Å²) < 4.78 is 36.7. The third-order valence-electron chi connectivity index (χ3n) is 3.46. The van der Waals surface area contributed by atoms with E-state index in [1.54, 1.807) is 24.3 Å². The molecular formula is C16H11N3O3S2. The summed E-state index contributed by atoms with van der Waals surface area (Å²) in [5.41, 5.74) is 0.697. The molecule has 6 nitrogen and oxygen atoms in total. The van der Waals surface area contributed by atoms with Crippen LogP contribution in [-0.2, 0) is 10.0 Å². The summed E-state index contributed by atoms with van der Waals surface area (Å²) in [5.74, 6) is 0.421. The number of furan rings is 1. The highest BCUT2D eigenvalue weighted by Gasteiger charge is 2.18. The fourth-order valence-electron chi connectivity index (χ4n) is 2.28. The third-order valence-corrected chi connectivity index (χ3v) is 5.55. The molecule has 4 aromatic rings. The van der Waals surface area contributed by atoms with E-state index in [4.69, 9.17) is 4.42 Å². The molecular weight excluding hydrogens is 346 g/mol. The third kappa shape index (κ3) is 2.77. The van der Waals surface area contributed by atoms with Crippen molar-refractivity contribution in [2.75, 3.05) is 4.72 Å². The zero-order chi connectivity index (χ0) is 16.6. The van der Waals surface area contributed by atoms with Crippen molar-refractivity contribution >= 4 is 37.5 Å². The van der Waals surface area contributed by atoms with Crippen molar-refractivity contribution in [3.8, 4) is 11.4 Å². The molecule has 0 aliphatic carbocycles. The van der Waals surface area contributed by atoms with Gasteiger partial charge >= 0.3 is 0 Å². The Hall–Kier alpha value is -2.71. The van der Waals surface area contributed by atoms with E-state index < -0.39 is 10.0 Å². The molecule has 2 aromatic heterocycles. The SMILES string of the molecule is O=S(=O)(Nc1nc(-c2ccoc2)ns1)c1ccc2ccccc2c1. The van der Waals surface area contributed by atoms with Crippen LogP contribution >= 0.6 is 11.5 Å². The van der Waals surface area contributed by atoms with Gasteiger partial charge in [0.2, 0.25) is 5.13 Å². The summed E-state index contributed by atoms with van der Waals surface area (Å²) in [6.07, 6.45) is 3.01. The first-order valence-electron chi connectivity index (χ1n) is 7.00. The Labute approximate surface area is 142 Å². The van der Waals surface area contributed by atoms with E-state index >= 15 is 0 Å². The highest BCUT2D eigenvalue weighted by Crippen LogP contribution is 2.25. The molecule has 2 aromatic carbocycles. The van der Waals surface area contributed by atoms with Crippen LogP contribution in [0.4, 0.5) is 5.13 Å². The molecule has 0 spiro atoms. The van der Waals surface area contributed by atoms with Crippen LogP contribution < -0.4 is 4.72 Å². The van der Waals surface area contributed by atoms with Crippen molar-refractivity contribution in [2.24, 2.45) is 0 Å². The lowest BCUT2D eigenvalue weighted by Crippen LogP contribution is -2.12. The maximum atomic E-state index is 12.6. The maximum Gasteiger partial charge on any atom is 0.263 e. The van der Waals surface area contributed by atoms with E-state index in [2.05, 4.69) is 14.1 Å². The van der Waals surface area contributed by atoms with Gasteiger partial charge in [-0.1, -0.05) is 30.3 Å². The number of sulfonamides is 1. The fourth-order valence-corrected chi connectivity index (χ4v) is 4.13. The van der Waals surface area contributed by atoms with Gasteiger partial charge in [0.15, 0.2) is 5.82 Å². The molecule has 120 valence electrons. The van der Waals surface area contributed by atoms with Crippen LogP contribution in [-0.4, -0.2) is 17.8 Å². The van der Waals surface area contributed by atoms with Gasteiger partial charge in [0.1, 0.15) is 6.26 Å². The second kappa shape index (κ2) is 5.73. The summed E-state index contributed by atoms with van der Waals surface area (Å²) in [6.45, 7) is 0. The molecule has 0 saturated heterocycles. The summed E-state index contributed by atoms with van der Waals surface area (Å²) >= 11 is 0.980. The van der Waals surface area contributed by atoms with Crippen LogP contribution in [0.5, 0.6) is 0 Å². The highest BCUT2D eigenvalue weighted by molar-refractivity contribution is 7.93. The number of fused-ring (bicyclic) bond motifs is 1. The van der Waals surface area contributed by atoms with Crippen LogP contribution in [0.1, 0.15) is 0 Å². The number of nitrogens with zero attached hydrogens (tertiary/aromatic N) is 2. The normalized spacial score (nSPS) is 11.7. The molecule has 8 heteroatoms. The maximum absolute atomic E-state index is 12.6. The lowest BCUT2D eigenvalue weighted by atomic mass is 10.1. The van der Waals surface area contributed by atoms with Crippen LogP contribution in [0.3, 0.4) is 0 Å². The summed E-state index contributed by atoms with van der Waals surface area (Å²) in [4.78, 5) is 4.36. The zero-order valence-corrected chi connectivity index (χ0v) is 13.8. The molecule has 0 aliphatic rings. The number of anilines is 1. The van der Waals surface area contributed by atoms with Crippen molar-refractivity contribution in [3.05, 3.63) is 61.1 Å². The topological polar surface area (TPSA) is 85.1 Å². The first kappa shape index (κ1) is 14.9. The molecule has 0 fully saturated rings. The molecule has 2 heterocycles. The molecule has 0 radical (unpaired) electrons. The molecule has 0 atom stereocenters. The van der Waals surface area contributed by atoms with Crippen LogP contribution in [0.2, 0.25) is 0 Å². The summed E-state index contributed by atoms with van der Waals surface area (Å²) in [7, 11) is -3.73. The lowest BCUT2D eigenvalue weighted by Gasteiger charge is -2.06. The Bertz CT molecular complexity index is 1100. The lowest BCUT2D eigenvalue weighted by molar-refractivity contribution is 0.568. The van der Waals surface area contributed by atoms with Gasteiger partial charge in [-0.25, -0.2) is 8.42 Å². The number of nitrogens with one attached hydrogen (secondary N) is 1. The molecule has 1 N–H and O–H groups in total. The van der Waals surface area contributed by atoms with E-state index in [9.17, 15) is 8.42 Å². The van der Waals surface area contributed by atoms with Gasteiger partial charge < -0.3 is 4.42 Å². The van der Waals surface area contributed by atoms with Gasteiger partial charge in [-0.15, -0.1) is 0 Å². The second-order valence-corrected chi connectivity index (χ2v) is 7.48. The average Bonchev–Trinajstić information content (AvgIpc) is 3.25. The smallest absolute Gasteiger partial charge is 0.263 e. The van der Waals surface area contributed by atoms with Gasteiger partial charge in [-0.2, -0.15) is 9.36 Å². The van der Waals surface area contributed by atoms with Crippen molar-refractivity contribution in [1.82, 2.24) is 9.36 Å². The summed E-state index contributed by atoms with van der Waals surface area (Å²) in [6, 6.07) is 14.3. The molecule has 0 aliphatic heterocycles. The van der Waals surface area contributed by atoms with Crippen molar-refractivity contribution in [3.63, 3.8) is 0 Å². The standard InChI is InChI=1S/C16H11N3O3S2/c20-24(21,14-6-5-11-3-1-2-4-12(11)9-14)19-16-17-15(18-23-16)13-7-8-22-10-13/h1-10H,(H,17,18,19). The van der Waals surface area contributed by atoms with Crippen LogP contribution in [0, 0.1) is 0 Å². The Balaban J connectivity index is 1.65. The van der Waals surface area contributed by atoms with Crippen LogP contribution in [0.15, 0.2) is 70.4 Å². The van der Waals surface area contributed by atoms with E-state index in [0.717, 1.165) is 22.3 Å². The predicted molar refractivity (Wildman–Crippen MR) is 92.4 cm³/mol. The molecule has 0 saturated carbocycles. The van der Waals surface area contributed by atoms with E-state index in [0.29, 0.717) is 11.4 Å². The van der Waals surface area contributed by atoms with Gasteiger partial charge in [-0.3, -0.25) is 4.72 Å². The van der Waals surface area contributed by atoms with Crippen molar-refractivity contribution in [2.45, 2.75) is 4.90 Å². The largest absolute Gasteiger partial charge is 0.472 e. The van der Waals surface area contributed by atoms with Gasteiger partial charge in [0, 0.05) is 11.5 Å². The zero-order valence-electron chi connectivity index (χ0n) is 12.2. The van der Waals surface area contributed by atoms with Gasteiger partial charge in [-0.05, 0) is 29.0 Å². The quantitative estimate of drug-likeness (QED) is 0.601. The number of hydrogen-bond acceptors (Lipinski definition) is 6. The van der Waals surface area contributed by atoms with E-state index in [1.807, 2.05) is 24.3 Å². The minimum Gasteiger partial charge on any atom is -0.472 e. The Morgan fingerprint density at radius 1 is 1.04 bits per heavy atom. The number of hydrogen-bond donors (Lipinski definition) is 1. The molecule has 0 bridgehead atoms. The average molecular weight is 357 g/mol. The Kier molecular flexibility index (Phi) is 3.55. The van der Waals surface area contributed by atoms with E-state index in [1.165, 1.54) is 12.5 Å². The van der Waals surface area contributed by atoms with Gasteiger partial charge in [0.05, 0.1) is 16.7 Å². The second-order valence-electron chi connectivity index (χ2n) is 5.05. The predicted octanol–water partition coefficient (Wildman–Crippen LogP) is 3.75. The molecule has 0 unspecified atom stereocenters. The molecule has 0 amide bonds. The molecule has 4 rings (SSSR count). The number of aromatic nitrogens is 2. The van der Waals surface area contributed by atoms with Crippen molar-refractivity contribution < 1.29 is 12.8 Å². The minimum atomic E-state index is -3.73. The Morgan fingerprint density at radius 2 is 1.88 bits per heavy atom. The first-order valence-corrected chi connectivity index (χ1v) is 9.25. The monoisotopic (exact) mass is 357 g/mol. The highest BCUT2D eigenvalue weighted by atomic mass is 32.2. The fraction of sp³-hybridized carbons (Fsp3) is 0. The Morgan fingerprint density at radius 3 is 2.67 bits per heavy atom. The number of benzene rings is 2. The summed E-state index contributed by atoms with van der Waals surface area (Å²) in [5, 5.41) is 2.05. The van der Waals surface area contributed by atoms with Crippen molar-refractivity contribution in [1.29, 1.82) is 0 Å². The minimum absolute atomic E-state index is 0.182.